The first-order chi connectivity index (χ1) is 9.78. The van der Waals surface area contributed by atoms with Crippen molar-refractivity contribution in [1.29, 1.82) is 0 Å². The Morgan fingerprint density at radius 1 is 1.43 bits per heavy atom. The fraction of sp³-hybridized carbons (Fsp3) is 0.625. The molecular formula is C16H22Cl2FNO. The molecule has 0 aromatic heterocycles. The molecule has 2 nitrogen and oxygen atoms in total. The molecule has 1 aromatic carbocycles. The molecule has 1 aliphatic carbocycles. The molecule has 2 rings (SSSR count). The van der Waals surface area contributed by atoms with E-state index in [0.29, 0.717) is 16.6 Å². The van der Waals surface area contributed by atoms with E-state index < -0.39 is 5.82 Å². The topological polar surface area (TPSA) is 21.3 Å². The van der Waals surface area contributed by atoms with Gasteiger partial charge < -0.3 is 10.1 Å². The molecule has 0 spiro atoms. The highest BCUT2D eigenvalue weighted by atomic mass is 35.5. The van der Waals surface area contributed by atoms with Crippen LogP contribution < -0.4 is 5.32 Å². The molecule has 1 saturated carbocycles. The maximum absolute atomic E-state index is 13.6. The average molecular weight is 334 g/mol. The lowest BCUT2D eigenvalue weighted by Gasteiger charge is -2.52. The van der Waals surface area contributed by atoms with E-state index >= 15 is 0 Å². The molecule has 0 amide bonds. The molecule has 1 fully saturated rings. The Morgan fingerprint density at radius 3 is 2.67 bits per heavy atom. The predicted molar refractivity (Wildman–Crippen MR) is 85.6 cm³/mol. The molecule has 0 aliphatic heterocycles. The third-order valence-electron chi connectivity index (χ3n) is 4.51. The van der Waals surface area contributed by atoms with Crippen molar-refractivity contribution in [2.24, 2.45) is 5.41 Å². The van der Waals surface area contributed by atoms with Crippen molar-refractivity contribution in [2.75, 3.05) is 6.61 Å². The highest BCUT2D eigenvalue weighted by molar-refractivity contribution is 6.36. The Hall–Kier alpha value is -0.350. The second kappa shape index (κ2) is 6.41. The Kier molecular flexibility index (Phi) is 5.19. The van der Waals surface area contributed by atoms with Crippen LogP contribution in [0.25, 0.3) is 0 Å². The van der Waals surface area contributed by atoms with Crippen LogP contribution in [0.4, 0.5) is 4.39 Å². The molecule has 118 valence electrons. The number of rotatable bonds is 5. The van der Waals surface area contributed by atoms with Gasteiger partial charge in [0, 0.05) is 34.7 Å². The van der Waals surface area contributed by atoms with Crippen molar-refractivity contribution < 1.29 is 9.13 Å². The van der Waals surface area contributed by atoms with E-state index in [9.17, 15) is 4.39 Å². The van der Waals surface area contributed by atoms with E-state index in [1.54, 1.807) is 6.07 Å². The standard InChI is InChI=1S/C16H22Cl2FNO/c1-5-21-13-8-12(16(13,3)4)20-9(2)14-10(17)6-7-11(19)15(14)18/h6-7,9,12-13,20H,5,8H2,1-4H3. The van der Waals surface area contributed by atoms with E-state index in [2.05, 4.69) is 19.2 Å². The van der Waals surface area contributed by atoms with Gasteiger partial charge in [0.25, 0.3) is 0 Å². The predicted octanol–water partition coefficient (Wildman–Crippen LogP) is 4.99. The average Bonchev–Trinajstić information content (AvgIpc) is 2.42. The molecule has 21 heavy (non-hydrogen) atoms. The van der Waals surface area contributed by atoms with Gasteiger partial charge in [0.2, 0.25) is 0 Å². The largest absolute Gasteiger partial charge is 0.378 e. The Balaban J connectivity index is 2.10. The van der Waals surface area contributed by atoms with Gasteiger partial charge in [-0.25, -0.2) is 4.39 Å². The van der Waals surface area contributed by atoms with Crippen molar-refractivity contribution in [2.45, 2.75) is 52.3 Å². The minimum absolute atomic E-state index is 0.0382. The summed E-state index contributed by atoms with van der Waals surface area (Å²) in [5, 5.41) is 4.09. The summed E-state index contributed by atoms with van der Waals surface area (Å²) >= 11 is 12.2. The van der Waals surface area contributed by atoms with Gasteiger partial charge in [0.1, 0.15) is 5.82 Å². The first kappa shape index (κ1) is 17.0. The van der Waals surface area contributed by atoms with Crippen LogP contribution >= 0.6 is 23.2 Å². The normalized spacial score (nSPS) is 25.5. The van der Waals surface area contributed by atoms with Crippen LogP contribution in [0, 0.1) is 11.2 Å². The third kappa shape index (κ3) is 3.21. The van der Waals surface area contributed by atoms with Crippen molar-refractivity contribution in [3.05, 3.63) is 33.6 Å². The summed E-state index contributed by atoms with van der Waals surface area (Å²) in [6.07, 6.45) is 1.20. The summed E-state index contributed by atoms with van der Waals surface area (Å²) in [5.41, 5.74) is 0.658. The lowest BCUT2D eigenvalue weighted by atomic mass is 9.64. The van der Waals surface area contributed by atoms with E-state index in [1.165, 1.54) is 6.07 Å². The van der Waals surface area contributed by atoms with E-state index in [4.69, 9.17) is 27.9 Å². The van der Waals surface area contributed by atoms with Gasteiger partial charge in [-0.3, -0.25) is 0 Å². The minimum atomic E-state index is -0.440. The monoisotopic (exact) mass is 333 g/mol. The zero-order valence-electron chi connectivity index (χ0n) is 12.8. The van der Waals surface area contributed by atoms with Gasteiger partial charge in [0.05, 0.1) is 11.1 Å². The van der Waals surface area contributed by atoms with Crippen LogP contribution in [0.1, 0.15) is 45.7 Å². The van der Waals surface area contributed by atoms with Gasteiger partial charge in [-0.05, 0) is 32.4 Å². The zero-order valence-corrected chi connectivity index (χ0v) is 14.4. The van der Waals surface area contributed by atoms with Crippen molar-refractivity contribution in [1.82, 2.24) is 5.32 Å². The molecule has 0 bridgehead atoms. The fourth-order valence-corrected chi connectivity index (χ4v) is 3.68. The van der Waals surface area contributed by atoms with Gasteiger partial charge in [0.15, 0.2) is 0 Å². The molecule has 0 saturated heterocycles. The number of ether oxygens (including phenoxy) is 1. The zero-order chi connectivity index (χ0) is 15.8. The Labute approximate surface area is 136 Å². The minimum Gasteiger partial charge on any atom is -0.378 e. The molecule has 1 N–H and O–H groups in total. The van der Waals surface area contributed by atoms with Gasteiger partial charge >= 0.3 is 0 Å². The lowest BCUT2D eigenvalue weighted by molar-refractivity contribution is -0.116. The summed E-state index contributed by atoms with van der Waals surface area (Å²) in [6, 6.07) is 3.01. The van der Waals surface area contributed by atoms with Crippen molar-refractivity contribution in [3.8, 4) is 0 Å². The lowest BCUT2D eigenvalue weighted by Crippen LogP contribution is -2.61. The summed E-state index contributed by atoms with van der Waals surface area (Å²) in [5.74, 6) is -0.440. The third-order valence-corrected chi connectivity index (χ3v) is 5.22. The maximum Gasteiger partial charge on any atom is 0.142 e. The molecule has 5 heteroatoms. The van der Waals surface area contributed by atoms with Crippen LogP contribution in [0.3, 0.4) is 0 Å². The first-order valence-electron chi connectivity index (χ1n) is 7.30. The number of benzene rings is 1. The Morgan fingerprint density at radius 2 is 2.10 bits per heavy atom. The number of hydrogen-bond acceptors (Lipinski definition) is 2. The number of hydrogen-bond donors (Lipinski definition) is 1. The van der Waals surface area contributed by atoms with Crippen molar-refractivity contribution in [3.63, 3.8) is 0 Å². The van der Waals surface area contributed by atoms with Crippen LogP contribution in [0.2, 0.25) is 10.0 Å². The smallest absolute Gasteiger partial charge is 0.142 e. The number of halogens is 3. The van der Waals surface area contributed by atoms with E-state index in [-0.39, 0.29) is 22.6 Å². The SMILES string of the molecule is CCOC1CC(NC(C)c2c(Cl)ccc(F)c2Cl)C1(C)C. The molecular weight excluding hydrogens is 312 g/mol. The number of nitrogens with one attached hydrogen (secondary N) is 1. The van der Waals surface area contributed by atoms with Crippen LogP contribution in [-0.2, 0) is 4.74 Å². The summed E-state index contributed by atoms with van der Waals surface area (Å²) in [4.78, 5) is 0. The van der Waals surface area contributed by atoms with Crippen LogP contribution in [0.5, 0.6) is 0 Å². The summed E-state index contributed by atoms with van der Waals surface area (Å²) in [6.45, 7) is 9.03. The van der Waals surface area contributed by atoms with Crippen LogP contribution in [0.15, 0.2) is 12.1 Å². The Bertz CT molecular complexity index is 521. The molecule has 0 heterocycles. The van der Waals surface area contributed by atoms with E-state index in [0.717, 1.165) is 13.0 Å². The van der Waals surface area contributed by atoms with E-state index in [1.807, 2.05) is 13.8 Å². The molecule has 1 aromatic rings. The fourth-order valence-electron chi connectivity index (χ4n) is 2.98. The first-order valence-corrected chi connectivity index (χ1v) is 8.05. The summed E-state index contributed by atoms with van der Waals surface area (Å²) < 4.78 is 19.4. The maximum atomic E-state index is 13.6. The second-order valence-electron chi connectivity index (χ2n) is 6.20. The quantitative estimate of drug-likeness (QED) is 0.766. The highest BCUT2D eigenvalue weighted by Gasteiger charge is 2.49. The second-order valence-corrected chi connectivity index (χ2v) is 6.98. The molecule has 3 unspecified atom stereocenters. The highest BCUT2D eigenvalue weighted by Crippen LogP contribution is 2.44. The molecule has 1 aliphatic rings. The summed E-state index contributed by atoms with van der Waals surface area (Å²) in [7, 11) is 0. The van der Waals surface area contributed by atoms with Crippen molar-refractivity contribution >= 4 is 23.2 Å². The van der Waals surface area contributed by atoms with Gasteiger partial charge in [-0.15, -0.1) is 0 Å². The van der Waals surface area contributed by atoms with Crippen LogP contribution in [-0.4, -0.2) is 18.8 Å². The van der Waals surface area contributed by atoms with Gasteiger partial charge in [-0.1, -0.05) is 37.0 Å². The molecule has 0 radical (unpaired) electrons. The van der Waals surface area contributed by atoms with Gasteiger partial charge in [-0.2, -0.15) is 0 Å². The molecule has 3 atom stereocenters.